The maximum absolute atomic E-state index is 14.3. The Kier molecular flexibility index (Phi) is 8.56. The number of hydrogen-bond donors (Lipinski definition) is 0. The maximum Gasteiger partial charge on any atom is 0.460 e. The van der Waals surface area contributed by atoms with E-state index < -0.39 is 61.7 Å². The van der Waals surface area contributed by atoms with Crippen molar-refractivity contribution >= 4 is 22.0 Å². The van der Waals surface area contributed by atoms with Gasteiger partial charge < -0.3 is 0 Å². The second-order valence-corrected chi connectivity index (χ2v) is 10.1. The molecule has 0 aliphatic heterocycles. The minimum absolute atomic E-state index is 0.0223. The fourth-order valence-corrected chi connectivity index (χ4v) is 4.15. The van der Waals surface area contributed by atoms with Crippen LogP contribution in [0.1, 0.15) is 11.1 Å². The normalized spacial score (nSPS) is 15.4. The molecule has 21 heteroatoms. The summed E-state index contributed by atoms with van der Waals surface area (Å²) < 4.78 is 252. The van der Waals surface area contributed by atoms with E-state index in [1.54, 1.807) is 0 Å². The van der Waals surface area contributed by atoms with Crippen LogP contribution in [0.25, 0.3) is 12.2 Å². The van der Waals surface area contributed by atoms with E-state index in [-0.39, 0.29) is 17.7 Å². The molecule has 0 radical (unpaired) electrons. The van der Waals surface area contributed by atoms with Crippen LogP contribution in [0.4, 0.5) is 74.6 Å². The molecule has 1 aromatic heterocycles. The molecule has 0 N–H and O–H groups in total. The van der Waals surface area contributed by atoms with Gasteiger partial charge in [0.05, 0.1) is 4.90 Å². The molecule has 0 atom stereocenters. The SMILES string of the molecule is O=S(=O)(c1ccc(C=Cc2ccncc2)cc1)C(F)(F)C(F)(F)C(F)(F)C(F)(F)C(F)(F)C(F)(F)C(F)(F)C(F)(F)F. The van der Waals surface area contributed by atoms with Gasteiger partial charge in [0.15, 0.2) is 0 Å². The van der Waals surface area contributed by atoms with Crippen molar-refractivity contribution in [3.63, 3.8) is 0 Å². The molecule has 2 rings (SSSR count). The van der Waals surface area contributed by atoms with Crippen LogP contribution in [0.5, 0.6) is 0 Å². The summed E-state index contributed by atoms with van der Waals surface area (Å²) >= 11 is 0. The van der Waals surface area contributed by atoms with Crippen LogP contribution in [0, 0.1) is 0 Å². The van der Waals surface area contributed by atoms with Gasteiger partial charge in [0.2, 0.25) is 9.84 Å². The van der Waals surface area contributed by atoms with Crippen molar-refractivity contribution < 1.29 is 83.1 Å². The number of alkyl halides is 17. The number of aromatic nitrogens is 1. The van der Waals surface area contributed by atoms with Crippen molar-refractivity contribution in [1.29, 1.82) is 0 Å². The fourth-order valence-electron chi connectivity index (χ4n) is 2.89. The molecule has 3 nitrogen and oxygen atoms in total. The van der Waals surface area contributed by atoms with Crippen LogP contribution in [-0.2, 0) is 9.84 Å². The summed E-state index contributed by atoms with van der Waals surface area (Å²) in [6, 6.07) is 4.04. The van der Waals surface area contributed by atoms with Gasteiger partial charge in [0.1, 0.15) is 0 Å². The van der Waals surface area contributed by atoms with Gasteiger partial charge in [0, 0.05) is 12.4 Å². The van der Waals surface area contributed by atoms with Crippen LogP contribution in [0.2, 0.25) is 0 Å². The van der Waals surface area contributed by atoms with Crippen molar-refractivity contribution in [2.45, 2.75) is 51.9 Å². The molecular formula is C21H10F17NO2S. The number of rotatable bonds is 10. The lowest BCUT2D eigenvalue weighted by Crippen LogP contribution is -2.75. The molecule has 42 heavy (non-hydrogen) atoms. The highest BCUT2D eigenvalue weighted by Gasteiger charge is 2.96. The first-order chi connectivity index (χ1) is 18.6. The van der Waals surface area contributed by atoms with E-state index in [2.05, 4.69) is 4.98 Å². The highest BCUT2D eigenvalue weighted by atomic mass is 32.2. The third kappa shape index (κ3) is 4.95. The molecule has 0 bridgehead atoms. The summed E-state index contributed by atoms with van der Waals surface area (Å²) in [6.07, 6.45) is -2.81. The van der Waals surface area contributed by atoms with Gasteiger partial charge in [-0.15, -0.1) is 0 Å². The minimum atomic E-state index is -8.87. The number of nitrogens with zero attached hydrogens (tertiary/aromatic N) is 1. The highest BCUT2D eigenvalue weighted by molar-refractivity contribution is 7.92. The Morgan fingerprint density at radius 1 is 0.476 bits per heavy atom. The first-order valence-corrected chi connectivity index (χ1v) is 11.7. The van der Waals surface area contributed by atoms with Gasteiger partial charge >= 0.3 is 47.0 Å². The van der Waals surface area contributed by atoms with Crippen LogP contribution >= 0.6 is 0 Å². The first-order valence-electron chi connectivity index (χ1n) is 10.2. The lowest BCUT2D eigenvalue weighted by molar-refractivity contribution is -0.458. The zero-order chi connectivity index (χ0) is 33.0. The summed E-state index contributed by atoms with van der Waals surface area (Å²) in [7, 11) is -7.35. The number of pyridine rings is 1. The highest BCUT2D eigenvalue weighted by Crippen LogP contribution is 2.64. The number of hydrogen-bond acceptors (Lipinski definition) is 3. The molecular weight excluding hydrogens is 653 g/mol. The smallest absolute Gasteiger partial charge is 0.265 e. The van der Waals surface area contributed by atoms with E-state index in [1.807, 2.05) is 0 Å². The van der Waals surface area contributed by atoms with Crippen LogP contribution < -0.4 is 0 Å². The molecule has 1 aromatic carbocycles. The van der Waals surface area contributed by atoms with E-state index in [9.17, 15) is 83.1 Å². The molecule has 0 aliphatic rings. The third-order valence-electron chi connectivity index (χ3n) is 5.40. The standard InChI is InChI=1S/C21H10F17NO2S/c22-14(23,16(26,27)18(30,31)20(34,35)36)15(24,25)17(28,29)19(32,33)21(37,38)42(40,41)13-5-3-11(4-6-13)1-2-12-7-9-39-10-8-12/h1-10H. The Bertz CT molecular complexity index is 1400. The van der Waals surface area contributed by atoms with E-state index in [4.69, 9.17) is 0 Å². The van der Waals surface area contributed by atoms with Crippen LogP contribution in [0.15, 0.2) is 53.7 Å². The van der Waals surface area contributed by atoms with Crippen LogP contribution in [-0.4, -0.2) is 60.4 Å². The van der Waals surface area contributed by atoms with E-state index >= 15 is 0 Å². The van der Waals surface area contributed by atoms with Gasteiger partial charge in [-0.25, -0.2) is 8.42 Å². The maximum atomic E-state index is 14.3. The average molecular weight is 663 g/mol. The summed E-state index contributed by atoms with van der Waals surface area (Å²) in [5.74, 6) is -51.8. The molecule has 1 heterocycles. The van der Waals surface area contributed by atoms with E-state index in [0.717, 1.165) is 6.08 Å². The molecule has 2 aromatic rings. The Hall–Kier alpha value is -3.13. The van der Waals surface area contributed by atoms with Gasteiger partial charge in [-0.1, -0.05) is 24.3 Å². The lowest BCUT2D eigenvalue weighted by atomic mass is 9.91. The van der Waals surface area contributed by atoms with E-state index in [0.29, 0.717) is 17.7 Å². The van der Waals surface area contributed by atoms with Gasteiger partial charge in [-0.2, -0.15) is 74.6 Å². The number of sulfone groups is 1. The lowest BCUT2D eigenvalue weighted by Gasteiger charge is -2.42. The summed E-state index contributed by atoms with van der Waals surface area (Å²) in [5, 5.41) is -7.60. The van der Waals surface area contributed by atoms with Crippen molar-refractivity contribution in [2.75, 3.05) is 0 Å². The number of halogens is 17. The fraction of sp³-hybridized carbons (Fsp3) is 0.381. The van der Waals surface area contributed by atoms with Crippen molar-refractivity contribution in [3.8, 4) is 0 Å². The average Bonchev–Trinajstić information content (AvgIpc) is 2.86. The van der Waals surface area contributed by atoms with Gasteiger partial charge in [-0.3, -0.25) is 4.98 Å². The topological polar surface area (TPSA) is 47.0 Å². The molecule has 0 saturated carbocycles. The van der Waals surface area contributed by atoms with Crippen LogP contribution in [0.3, 0.4) is 0 Å². The molecule has 0 unspecified atom stereocenters. The first kappa shape index (κ1) is 35.1. The monoisotopic (exact) mass is 663 g/mol. The van der Waals surface area contributed by atoms with Gasteiger partial charge in [0.25, 0.3) is 0 Å². The van der Waals surface area contributed by atoms with Gasteiger partial charge in [-0.05, 0) is 35.4 Å². The summed E-state index contributed by atoms with van der Waals surface area (Å²) in [5.41, 5.74) is 0.358. The quantitative estimate of drug-likeness (QED) is 0.242. The minimum Gasteiger partial charge on any atom is -0.265 e. The molecule has 236 valence electrons. The van der Waals surface area contributed by atoms with Crippen molar-refractivity contribution in [3.05, 3.63) is 59.9 Å². The predicted molar refractivity (Wildman–Crippen MR) is 107 cm³/mol. The Morgan fingerprint density at radius 3 is 1.19 bits per heavy atom. The van der Waals surface area contributed by atoms with E-state index in [1.165, 1.54) is 30.6 Å². The second-order valence-electron chi connectivity index (χ2n) is 8.15. The zero-order valence-electron chi connectivity index (χ0n) is 19.4. The summed E-state index contributed by atoms with van der Waals surface area (Å²) in [4.78, 5) is 1.62. The molecule has 0 amide bonds. The molecule has 0 saturated heterocycles. The molecule has 0 fully saturated rings. The largest absolute Gasteiger partial charge is 0.460 e. The predicted octanol–water partition coefficient (Wildman–Crippen LogP) is 7.99. The zero-order valence-corrected chi connectivity index (χ0v) is 20.2. The second kappa shape index (κ2) is 10.2. The summed E-state index contributed by atoms with van der Waals surface area (Å²) in [6.45, 7) is 0. The Labute approximate surface area is 222 Å². The van der Waals surface area contributed by atoms with Crippen molar-refractivity contribution in [2.24, 2.45) is 0 Å². The Morgan fingerprint density at radius 2 is 0.810 bits per heavy atom. The van der Waals surface area contributed by atoms with Crippen molar-refractivity contribution in [1.82, 2.24) is 4.98 Å². The molecule has 0 spiro atoms. The Balaban J connectivity index is 2.56. The third-order valence-corrected chi connectivity index (χ3v) is 7.22. The molecule has 0 aliphatic carbocycles. The number of benzene rings is 1.